The number of ether oxygens (including phenoxy) is 1. The molecule has 5 heteroatoms. The number of carbonyl (C=O) groups is 2. The Morgan fingerprint density at radius 2 is 1.95 bits per heavy atom. The molecule has 1 atom stereocenters. The second-order valence-corrected chi connectivity index (χ2v) is 4.61. The fourth-order valence-electron chi connectivity index (χ4n) is 2.34. The van der Waals surface area contributed by atoms with Crippen molar-refractivity contribution >= 4 is 11.6 Å². The van der Waals surface area contributed by atoms with Gasteiger partial charge in [-0.15, -0.1) is 0 Å². The molecule has 3 rings (SSSR count). The van der Waals surface area contributed by atoms with Gasteiger partial charge in [-0.2, -0.15) is 0 Å². The number of aliphatic hydroxyl groups is 1. The lowest BCUT2D eigenvalue weighted by molar-refractivity contribution is 0.0950. The van der Waals surface area contributed by atoms with E-state index in [1.165, 1.54) is 20.1 Å². The maximum Gasteiger partial charge on any atom is 0.233 e. The molecule has 1 aromatic carbocycles. The molecule has 0 saturated carbocycles. The molecule has 5 nitrogen and oxygen atoms in total. The van der Waals surface area contributed by atoms with Crippen molar-refractivity contribution < 1.29 is 23.8 Å². The normalized spacial score (nSPS) is 14.8. The van der Waals surface area contributed by atoms with Crippen LogP contribution in [0.15, 0.2) is 28.7 Å². The van der Waals surface area contributed by atoms with Crippen molar-refractivity contribution in [3.05, 3.63) is 52.5 Å². The quantitative estimate of drug-likeness (QED) is 0.773. The first-order valence-corrected chi connectivity index (χ1v) is 6.12. The molecule has 0 aliphatic heterocycles. The number of carbonyl (C=O) groups excluding carboxylic acids is 2. The summed E-state index contributed by atoms with van der Waals surface area (Å²) in [5, 5.41) is 9.52. The van der Waals surface area contributed by atoms with Gasteiger partial charge in [-0.25, -0.2) is 0 Å². The van der Waals surface area contributed by atoms with Crippen LogP contribution in [-0.2, 0) is 0 Å². The van der Waals surface area contributed by atoms with Crippen molar-refractivity contribution in [1.29, 1.82) is 0 Å². The van der Waals surface area contributed by atoms with E-state index in [1.807, 2.05) is 0 Å². The van der Waals surface area contributed by atoms with Crippen LogP contribution in [0.4, 0.5) is 0 Å². The monoisotopic (exact) mass is 272 g/mol. The lowest BCUT2D eigenvalue weighted by Gasteiger charge is -2.15. The number of benzene rings is 1. The zero-order valence-corrected chi connectivity index (χ0v) is 11.0. The number of hydrogen-bond acceptors (Lipinski definition) is 5. The van der Waals surface area contributed by atoms with E-state index in [0.717, 1.165) is 0 Å². The maximum atomic E-state index is 12.5. The molecule has 0 spiro atoms. The van der Waals surface area contributed by atoms with Gasteiger partial charge < -0.3 is 14.3 Å². The molecule has 0 fully saturated rings. The zero-order chi connectivity index (χ0) is 14.4. The molecule has 1 unspecified atom stereocenters. The molecule has 1 N–H and O–H groups in total. The van der Waals surface area contributed by atoms with Crippen LogP contribution in [0.2, 0.25) is 0 Å². The van der Waals surface area contributed by atoms with Crippen LogP contribution in [0, 0.1) is 0 Å². The van der Waals surface area contributed by atoms with Crippen LogP contribution in [0.1, 0.15) is 50.8 Å². The summed E-state index contributed by atoms with van der Waals surface area (Å²) in [7, 11) is 1.44. The van der Waals surface area contributed by atoms with E-state index in [1.54, 1.807) is 18.2 Å². The second-order valence-electron chi connectivity index (χ2n) is 4.61. The zero-order valence-electron chi connectivity index (χ0n) is 11.0. The number of ketones is 2. The molecule has 1 aliphatic rings. The highest BCUT2D eigenvalue weighted by atomic mass is 16.5. The average Bonchev–Trinajstić information content (AvgIpc) is 2.89. The van der Waals surface area contributed by atoms with Gasteiger partial charge in [0.15, 0.2) is 11.5 Å². The minimum atomic E-state index is -0.883. The van der Waals surface area contributed by atoms with Gasteiger partial charge in [0.25, 0.3) is 0 Å². The van der Waals surface area contributed by atoms with Crippen LogP contribution < -0.4 is 4.74 Å². The summed E-state index contributed by atoms with van der Waals surface area (Å²) in [6.07, 6.45) is -0.883. The van der Waals surface area contributed by atoms with Gasteiger partial charge in [0, 0.05) is 5.56 Å². The van der Waals surface area contributed by atoms with Crippen molar-refractivity contribution in [3.8, 4) is 5.75 Å². The molecule has 0 saturated heterocycles. The average molecular weight is 272 g/mol. The Morgan fingerprint density at radius 1 is 1.20 bits per heavy atom. The third-order valence-corrected chi connectivity index (χ3v) is 3.33. The Morgan fingerprint density at radius 3 is 2.60 bits per heavy atom. The summed E-state index contributed by atoms with van der Waals surface area (Å²) >= 11 is 0. The van der Waals surface area contributed by atoms with Gasteiger partial charge in [0.2, 0.25) is 5.78 Å². The van der Waals surface area contributed by atoms with E-state index in [4.69, 9.17) is 9.15 Å². The fourth-order valence-corrected chi connectivity index (χ4v) is 2.34. The number of methoxy groups -OCH3 is 1. The molecule has 20 heavy (non-hydrogen) atoms. The predicted octanol–water partition coefficient (Wildman–Crippen LogP) is 2.12. The molecular formula is C15H12O5. The fraction of sp³-hybridized carbons (Fsp3) is 0.200. The largest absolute Gasteiger partial charge is 0.496 e. The van der Waals surface area contributed by atoms with Gasteiger partial charge in [0.1, 0.15) is 17.6 Å². The van der Waals surface area contributed by atoms with Gasteiger partial charge in [-0.1, -0.05) is 12.1 Å². The number of rotatable bonds is 2. The molecule has 2 aromatic rings. The smallest absolute Gasteiger partial charge is 0.233 e. The van der Waals surface area contributed by atoms with Crippen molar-refractivity contribution in [2.75, 3.05) is 7.11 Å². The topological polar surface area (TPSA) is 76.7 Å². The Labute approximate surface area is 114 Å². The summed E-state index contributed by atoms with van der Waals surface area (Å²) in [6.45, 7) is 1.51. The third kappa shape index (κ3) is 1.60. The molecule has 0 radical (unpaired) electrons. The minimum Gasteiger partial charge on any atom is -0.496 e. The molecular weight excluding hydrogens is 260 g/mol. The van der Waals surface area contributed by atoms with Crippen LogP contribution in [0.25, 0.3) is 0 Å². The van der Waals surface area contributed by atoms with E-state index in [-0.39, 0.29) is 28.4 Å². The molecule has 0 bridgehead atoms. The van der Waals surface area contributed by atoms with E-state index in [9.17, 15) is 14.7 Å². The van der Waals surface area contributed by atoms with E-state index < -0.39 is 11.9 Å². The van der Waals surface area contributed by atoms with E-state index in [2.05, 4.69) is 0 Å². The Bertz CT molecular complexity index is 724. The summed E-state index contributed by atoms with van der Waals surface area (Å²) in [5.74, 6) is -0.212. The van der Waals surface area contributed by atoms with Gasteiger partial charge in [0.05, 0.1) is 18.2 Å². The minimum absolute atomic E-state index is 0.0390. The van der Waals surface area contributed by atoms with Crippen LogP contribution >= 0.6 is 0 Å². The van der Waals surface area contributed by atoms with Crippen molar-refractivity contribution in [3.63, 3.8) is 0 Å². The first-order chi connectivity index (χ1) is 9.54. The number of fused-ring (bicyclic) bond motifs is 2. The molecule has 1 aliphatic carbocycles. The highest BCUT2D eigenvalue weighted by molar-refractivity contribution is 6.28. The number of hydrogen-bond donors (Lipinski definition) is 1. The second kappa shape index (κ2) is 4.31. The first kappa shape index (κ1) is 12.6. The van der Waals surface area contributed by atoms with Crippen LogP contribution in [0.3, 0.4) is 0 Å². The van der Waals surface area contributed by atoms with Crippen LogP contribution in [0.5, 0.6) is 5.75 Å². The standard InChI is InChI=1S/C15H12O5/c1-7(16)11-6-9-13(17)8-4-3-5-10(19-2)12(8)14(18)15(9)20-11/h3-7,16H,1-2H3. The maximum absolute atomic E-state index is 12.5. The lowest BCUT2D eigenvalue weighted by atomic mass is 9.88. The summed E-state index contributed by atoms with van der Waals surface area (Å²) in [6, 6.07) is 6.27. The highest BCUT2D eigenvalue weighted by Gasteiger charge is 2.36. The Kier molecular flexibility index (Phi) is 2.72. The van der Waals surface area contributed by atoms with Gasteiger partial charge >= 0.3 is 0 Å². The van der Waals surface area contributed by atoms with Crippen molar-refractivity contribution in [2.45, 2.75) is 13.0 Å². The summed E-state index contributed by atoms with van der Waals surface area (Å²) < 4.78 is 10.5. The molecule has 102 valence electrons. The first-order valence-electron chi connectivity index (χ1n) is 6.12. The SMILES string of the molecule is COc1cccc2c1C(=O)c1oc(C(C)O)cc1C2=O. The lowest BCUT2D eigenvalue weighted by Crippen LogP contribution is -2.19. The van der Waals surface area contributed by atoms with E-state index in [0.29, 0.717) is 11.3 Å². The third-order valence-electron chi connectivity index (χ3n) is 3.33. The van der Waals surface area contributed by atoms with Crippen molar-refractivity contribution in [1.82, 2.24) is 0 Å². The predicted molar refractivity (Wildman–Crippen MR) is 69.2 cm³/mol. The van der Waals surface area contributed by atoms with Gasteiger partial charge in [-0.05, 0) is 19.1 Å². The van der Waals surface area contributed by atoms with E-state index >= 15 is 0 Å². The summed E-state index contributed by atoms with van der Waals surface area (Å²) in [5.41, 5.74) is 0.686. The molecule has 1 heterocycles. The van der Waals surface area contributed by atoms with Crippen molar-refractivity contribution in [2.24, 2.45) is 0 Å². The number of furan rings is 1. The summed E-state index contributed by atoms with van der Waals surface area (Å²) in [4.78, 5) is 24.9. The Balaban J connectivity index is 2.25. The number of aliphatic hydroxyl groups excluding tert-OH is 1. The Hall–Kier alpha value is -2.40. The van der Waals surface area contributed by atoms with Gasteiger partial charge in [-0.3, -0.25) is 9.59 Å². The van der Waals surface area contributed by atoms with Crippen LogP contribution in [-0.4, -0.2) is 23.8 Å². The molecule has 0 amide bonds. The molecule has 1 aromatic heterocycles. The highest BCUT2D eigenvalue weighted by Crippen LogP contribution is 2.35.